The first-order valence-corrected chi connectivity index (χ1v) is 11.2. The molecule has 3 aromatic rings. The van der Waals surface area contributed by atoms with Crippen molar-refractivity contribution >= 4 is 29.3 Å². The molecule has 1 saturated carbocycles. The fraction of sp³-hybridized carbons (Fsp3) is 0.231. The van der Waals surface area contributed by atoms with Crippen LogP contribution in [0.4, 0.5) is 14.5 Å². The summed E-state index contributed by atoms with van der Waals surface area (Å²) in [5, 5.41) is 9.01. The molecule has 1 fully saturated rings. The SMILES string of the molecule is C=Cc1cc(-c2ccc(C#N)c(F)c2)c(-c2cc(C=NCC3(C)CCC3)c(N)cc2F)s1. The molecule has 2 aromatic carbocycles. The molecule has 0 saturated heterocycles. The van der Waals surface area contributed by atoms with Crippen LogP contribution in [0.2, 0.25) is 0 Å². The Hall–Kier alpha value is -3.30. The lowest BCUT2D eigenvalue weighted by Crippen LogP contribution is -2.28. The van der Waals surface area contributed by atoms with Crippen LogP contribution in [0.15, 0.2) is 48.0 Å². The summed E-state index contributed by atoms with van der Waals surface area (Å²) in [6, 6.07) is 11.1. The Bertz CT molecular complexity index is 1260. The van der Waals surface area contributed by atoms with E-state index in [0.717, 1.165) is 4.88 Å². The van der Waals surface area contributed by atoms with Gasteiger partial charge in [0.1, 0.15) is 17.7 Å². The number of nitrogens with zero attached hydrogens (tertiary/aromatic N) is 2. The summed E-state index contributed by atoms with van der Waals surface area (Å²) in [5.41, 5.74) is 8.85. The minimum absolute atomic E-state index is 0.0354. The van der Waals surface area contributed by atoms with E-state index >= 15 is 4.39 Å². The lowest BCUT2D eigenvalue weighted by molar-refractivity contribution is 0.174. The van der Waals surface area contributed by atoms with E-state index in [0.29, 0.717) is 39.4 Å². The van der Waals surface area contributed by atoms with Crippen molar-refractivity contribution in [2.24, 2.45) is 10.4 Å². The molecule has 0 radical (unpaired) electrons. The van der Waals surface area contributed by atoms with Gasteiger partial charge in [0.05, 0.1) is 5.56 Å². The maximum atomic E-state index is 15.0. The van der Waals surface area contributed by atoms with Crippen LogP contribution >= 0.6 is 11.3 Å². The summed E-state index contributed by atoms with van der Waals surface area (Å²) >= 11 is 1.36. The molecule has 0 unspecified atom stereocenters. The number of nitrogen functional groups attached to an aromatic ring is 1. The Kier molecular flexibility index (Phi) is 5.94. The van der Waals surface area contributed by atoms with Crippen LogP contribution in [0.25, 0.3) is 27.6 Å². The Balaban J connectivity index is 1.77. The third-order valence-electron chi connectivity index (χ3n) is 6.03. The van der Waals surface area contributed by atoms with Crippen molar-refractivity contribution in [2.45, 2.75) is 26.2 Å². The lowest BCUT2D eigenvalue weighted by Gasteiger charge is -2.36. The smallest absolute Gasteiger partial charge is 0.141 e. The zero-order valence-corrected chi connectivity index (χ0v) is 18.6. The number of thiophene rings is 1. The van der Waals surface area contributed by atoms with Crippen molar-refractivity contribution in [3.8, 4) is 27.6 Å². The molecule has 162 valence electrons. The average Bonchev–Trinajstić information content (AvgIpc) is 3.18. The number of hydrogen-bond acceptors (Lipinski definition) is 4. The van der Waals surface area contributed by atoms with Crippen LogP contribution in [-0.4, -0.2) is 12.8 Å². The molecule has 1 heterocycles. The molecule has 1 aromatic heterocycles. The van der Waals surface area contributed by atoms with Crippen LogP contribution < -0.4 is 5.73 Å². The Labute approximate surface area is 190 Å². The van der Waals surface area contributed by atoms with Crippen LogP contribution in [-0.2, 0) is 0 Å². The number of rotatable bonds is 6. The number of nitrogens with two attached hydrogens (primary N) is 1. The number of halogens is 2. The molecular weight excluding hydrogens is 424 g/mol. The van der Waals surface area contributed by atoms with E-state index in [4.69, 9.17) is 11.0 Å². The number of aliphatic imine (C=N–C) groups is 1. The second kappa shape index (κ2) is 8.68. The van der Waals surface area contributed by atoms with E-state index in [1.165, 1.54) is 48.8 Å². The van der Waals surface area contributed by atoms with Crippen molar-refractivity contribution in [2.75, 3.05) is 12.3 Å². The maximum absolute atomic E-state index is 15.0. The number of nitriles is 1. The van der Waals surface area contributed by atoms with Crippen LogP contribution in [0, 0.1) is 28.4 Å². The molecule has 6 heteroatoms. The van der Waals surface area contributed by atoms with Crippen LogP contribution in [0.1, 0.15) is 42.2 Å². The minimum Gasteiger partial charge on any atom is -0.398 e. The summed E-state index contributed by atoms with van der Waals surface area (Å²) < 4.78 is 29.3. The monoisotopic (exact) mass is 447 g/mol. The molecule has 1 aliphatic carbocycles. The number of hydrogen-bond donors (Lipinski definition) is 1. The van der Waals surface area contributed by atoms with E-state index < -0.39 is 11.6 Å². The standard InChI is InChI=1S/C26H23F2N3S/c1-3-19-11-20(16-5-6-17(13-29)22(27)10-16)25(32-19)21-9-18(24(30)12-23(21)28)14-31-15-26(2)7-4-8-26/h3,5-6,9-12,14H,1,4,7-8,15,30H2,2H3. The van der Waals surface area contributed by atoms with Gasteiger partial charge >= 0.3 is 0 Å². The van der Waals surface area contributed by atoms with Gasteiger partial charge in [-0.25, -0.2) is 8.78 Å². The first kappa shape index (κ1) is 21.9. The third-order valence-corrected chi connectivity index (χ3v) is 7.20. The highest BCUT2D eigenvalue weighted by Crippen LogP contribution is 2.42. The predicted molar refractivity (Wildman–Crippen MR) is 129 cm³/mol. The topological polar surface area (TPSA) is 62.2 Å². The van der Waals surface area contributed by atoms with Crippen molar-refractivity contribution in [1.82, 2.24) is 0 Å². The van der Waals surface area contributed by atoms with Crippen LogP contribution in [0.3, 0.4) is 0 Å². The summed E-state index contributed by atoms with van der Waals surface area (Å²) in [7, 11) is 0. The van der Waals surface area contributed by atoms with E-state index in [1.54, 1.807) is 24.4 Å². The summed E-state index contributed by atoms with van der Waals surface area (Å²) in [6.45, 7) is 6.74. The van der Waals surface area contributed by atoms with Gasteiger partial charge in [-0.1, -0.05) is 32.1 Å². The highest BCUT2D eigenvalue weighted by atomic mass is 32.1. The normalized spacial score (nSPS) is 14.8. The van der Waals surface area contributed by atoms with Gasteiger partial charge in [0, 0.05) is 44.9 Å². The first-order chi connectivity index (χ1) is 15.3. The third kappa shape index (κ3) is 4.21. The Morgan fingerprint density at radius 3 is 2.59 bits per heavy atom. The van der Waals surface area contributed by atoms with Crippen LogP contribution in [0.5, 0.6) is 0 Å². The number of anilines is 1. The van der Waals surface area contributed by atoms with Gasteiger partial charge in [-0.15, -0.1) is 11.3 Å². The molecule has 32 heavy (non-hydrogen) atoms. The van der Waals surface area contributed by atoms with Crippen molar-refractivity contribution in [3.63, 3.8) is 0 Å². The Morgan fingerprint density at radius 2 is 1.97 bits per heavy atom. The zero-order chi connectivity index (χ0) is 22.9. The van der Waals surface area contributed by atoms with E-state index in [2.05, 4.69) is 18.5 Å². The largest absolute Gasteiger partial charge is 0.398 e. The van der Waals surface area contributed by atoms with Crippen molar-refractivity contribution in [3.05, 3.63) is 70.6 Å². The molecule has 3 nitrogen and oxygen atoms in total. The molecule has 0 bridgehead atoms. The van der Waals surface area contributed by atoms with E-state index in [9.17, 15) is 4.39 Å². The second-order valence-electron chi connectivity index (χ2n) is 8.50. The number of benzene rings is 2. The molecular formula is C26H23F2N3S. The van der Waals surface area contributed by atoms with Gasteiger partial charge in [-0.3, -0.25) is 4.99 Å². The van der Waals surface area contributed by atoms with Crippen molar-refractivity contribution < 1.29 is 8.78 Å². The van der Waals surface area contributed by atoms with Gasteiger partial charge < -0.3 is 5.73 Å². The zero-order valence-electron chi connectivity index (χ0n) is 17.8. The predicted octanol–water partition coefficient (Wildman–Crippen LogP) is 7.07. The summed E-state index contributed by atoms with van der Waals surface area (Å²) in [4.78, 5) is 6.04. The molecule has 0 aliphatic heterocycles. The fourth-order valence-corrected chi connectivity index (χ4v) is 4.94. The van der Waals surface area contributed by atoms with E-state index in [-0.39, 0.29) is 11.0 Å². The van der Waals surface area contributed by atoms with Gasteiger partial charge in [-0.05, 0) is 54.2 Å². The van der Waals surface area contributed by atoms with Gasteiger partial charge in [0.15, 0.2) is 0 Å². The van der Waals surface area contributed by atoms with Crippen molar-refractivity contribution in [1.29, 1.82) is 5.26 Å². The first-order valence-electron chi connectivity index (χ1n) is 10.4. The summed E-state index contributed by atoms with van der Waals surface area (Å²) in [6.07, 6.45) is 6.95. The van der Waals surface area contributed by atoms with Gasteiger partial charge in [-0.2, -0.15) is 5.26 Å². The quantitative estimate of drug-likeness (QED) is 0.325. The molecule has 0 atom stereocenters. The molecule has 2 N–H and O–H groups in total. The maximum Gasteiger partial charge on any atom is 0.141 e. The van der Waals surface area contributed by atoms with E-state index in [1.807, 2.05) is 12.1 Å². The fourth-order valence-electron chi connectivity index (χ4n) is 3.89. The highest BCUT2D eigenvalue weighted by Gasteiger charge is 2.31. The second-order valence-corrected chi connectivity index (χ2v) is 9.58. The minimum atomic E-state index is -0.614. The molecule has 0 amide bonds. The average molecular weight is 448 g/mol. The Morgan fingerprint density at radius 1 is 1.19 bits per heavy atom. The van der Waals surface area contributed by atoms with Gasteiger partial charge in [0.2, 0.25) is 0 Å². The molecule has 4 rings (SSSR count). The van der Waals surface area contributed by atoms with Gasteiger partial charge in [0.25, 0.3) is 0 Å². The summed E-state index contributed by atoms with van der Waals surface area (Å²) in [5.74, 6) is -1.07. The molecule has 0 spiro atoms. The molecule has 1 aliphatic rings. The lowest BCUT2D eigenvalue weighted by atomic mass is 9.70. The highest BCUT2D eigenvalue weighted by molar-refractivity contribution is 7.17.